The van der Waals surface area contributed by atoms with E-state index in [1.165, 1.54) is 17.3 Å². The number of alkyl halides is 3. The maximum Gasteiger partial charge on any atom is 0.406 e. The lowest BCUT2D eigenvalue weighted by atomic mass is 10.1. The lowest BCUT2D eigenvalue weighted by molar-refractivity contribution is -0.141. The standard InChI is InChI=1S/C14H21F3N4O2/c1-20(8-10-3-2-4-11(10)22)13(23)19-7-12-18-5-6-21(12)9-14(15,16)17/h5-6,10-11,22H,2-4,7-9H2,1H3,(H,19,23)/t10-,11+/m0/s1. The lowest BCUT2D eigenvalue weighted by Gasteiger charge is -2.23. The zero-order valence-electron chi connectivity index (χ0n) is 12.9. The van der Waals surface area contributed by atoms with Gasteiger partial charge in [0.15, 0.2) is 0 Å². The van der Waals surface area contributed by atoms with Crippen molar-refractivity contribution in [2.45, 2.75) is 44.6 Å². The van der Waals surface area contributed by atoms with Gasteiger partial charge in [0.25, 0.3) is 0 Å². The van der Waals surface area contributed by atoms with Crippen LogP contribution < -0.4 is 5.32 Å². The van der Waals surface area contributed by atoms with Crippen LogP contribution in [0, 0.1) is 5.92 Å². The summed E-state index contributed by atoms with van der Waals surface area (Å²) < 4.78 is 38.2. The van der Waals surface area contributed by atoms with Gasteiger partial charge in [0.05, 0.1) is 12.6 Å². The molecule has 0 spiro atoms. The van der Waals surface area contributed by atoms with Crippen LogP contribution >= 0.6 is 0 Å². The van der Waals surface area contributed by atoms with Gasteiger partial charge in [-0.25, -0.2) is 9.78 Å². The van der Waals surface area contributed by atoms with E-state index >= 15 is 0 Å². The van der Waals surface area contributed by atoms with E-state index in [0.717, 1.165) is 23.8 Å². The summed E-state index contributed by atoms with van der Waals surface area (Å²) in [5, 5.41) is 12.3. The van der Waals surface area contributed by atoms with E-state index in [1.807, 2.05) is 0 Å². The second-order valence-electron chi connectivity index (χ2n) is 5.88. The molecule has 6 nitrogen and oxygen atoms in total. The number of aromatic nitrogens is 2. The van der Waals surface area contributed by atoms with Crippen molar-refractivity contribution in [3.63, 3.8) is 0 Å². The molecular formula is C14H21F3N4O2. The molecule has 2 N–H and O–H groups in total. The number of carbonyl (C=O) groups excluding carboxylic acids is 1. The number of urea groups is 1. The fourth-order valence-corrected chi connectivity index (χ4v) is 2.80. The Morgan fingerprint density at radius 1 is 1.52 bits per heavy atom. The SMILES string of the molecule is CN(C[C@@H]1CCC[C@H]1O)C(=O)NCc1nccn1CC(F)(F)F. The summed E-state index contributed by atoms with van der Waals surface area (Å²) in [5.74, 6) is 0.197. The minimum Gasteiger partial charge on any atom is -0.393 e. The number of imidazole rings is 1. The summed E-state index contributed by atoms with van der Waals surface area (Å²) in [7, 11) is 1.60. The predicted molar refractivity (Wildman–Crippen MR) is 76.5 cm³/mol. The molecule has 0 bridgehead atoms. The summed E-state index contributed by atoms with van der Waals surface area (Å²) in [6.07, 6.45) is 0.324. The third-order valence-electron chi connectivity index (χ3n) is 4.02. The van der Waals surface area contributed by atoms with Gasteiger partial charge in [0.1, 0.15) is 12.4 Å². The number of amides is 2. The van der Waals surface area contributed by atoms with Crippen molar-refractivity contribution < 1.29 is 23.1 Å². The molecule has 1 aromatic rings. The van der Waals surface area contributed by atoms with Crippen molar-refractivity contribution in [3.05, 3.63) is 18.2 Å². The third kappa shape index (κ3) is 5.12. The molecule has 1 aliphatic rings. The highest BCUT2D eigenvalue weighted by atomic mass is 19.4. The van der Waals surface area contributed by atoms with Crippen LogP contribution in [0.15, 0.2) is 12.4 Å². The second kappa shape index (κ2) is 7.20. The topological polar surface area (TPSA) is 70.4 Å². The van der Waals surface area contributed by atoms with Crippen molar-refractivity contribution in [1.82, 2.24) is 19.8 Å². The Hall–Kier alpha value is -1.77. The Morgan fingerprint density at radius 2 is 2.26 bits per heavy atom. The molecule has 0 radical (unpaired) electrons. The predicted octanol–water partition coefficient (Wildman–Crippen LogP) is 1.75. The van der Waals surface area contributed by atoms with Gasteiger partial charge in [0, 0.05) is 31.9 Å². The Morgan fingerprint density at radius 3 is 2.87 bits per heavy atom. The Kier molecular flexibility index (Phi) is 5.51. The smallest absolute Gasteiger partial charge is 0.393 e. The molecule has 0 unspecified atom stereocenters. The number of nitrogens with one attached hydrogen (secondary N) is 1. The summed E-state index contributed by atoms with van der Waals surface area (Å²) in [4.78, 5) is 17.3. The van der Waals surface area contributed by atoms with Crippen LogP contribution in [-0.4, -0.2) is 51.5 Å². The van der Waals surface area contributed by atoms with Gasteiger partial charge in [-0.1, -0.05) is 6.42 Å². The minimum atomic E-state index is -4.34. The number of hydrogen-bond donors (Lipinski definition) is 2. The van der Waals surface area contributed by atoms with Crippen LogP contribution in [0.4, 0.5) is 18.0 Å². The van der Waals surface area contributed by atoms with Crippen molar-refractivity contribution in [2.24, 2.45) is 5.92 Å². The van der Waals surface area contributed by atoms with Crippen LogP contribution in [0.1, 0.15) is 25.1 Å². The highest BCUT2D eigenvalue weighted by molar-refractivity contribution is 5.73. The number of hydrogen-bond acceptors (Lipinski definition) is 3. The van der Waals surface area contributed by atoms with Gasteiger partial charge in [-0.2, -0.15) is 13.2 Å². The average Bonchev–Trinajstić information content (AvgIpc) is 3.04. The summed E-state index contributed by atoms with van der Waals surface area (Å²) in [6.45, 7) is -0.800. The summed E-state index contributed by atoms with van der Waals surface area (Å²) >= 11 is 0. The second-order valence-corrected chi connectivity index (χ2v) is 5.88. The molecule has 9 heteroatoms. The number of aliphatic hydroxyl groups excluding tert-OH is 1. The molecule has 130 valence electrons. The Bertz CT molecular complexity index is 532. The molecule has 1 heterocycles. The molecule has 1 fully saturated rings. The zero-order chi connectivity index (χ0) is 17.0. The van der Waals surface area contributed by atoms with Crippen molar-refractivity contribution in [2.75, 3.05) is 13.6 Å². The van der Waals surface area contributed by atoms with Gasteiger partial charge >= 0.3 is 12.2 Å². The monoisotopic (exact) mass is 334 g/mol. The van der Waals surface area contributed by atoms with Crippen LogP contribution in [0.2, 0.25) is 0 Å². The molecule has 23 heavy (non-hydrogen) atoms. The van der Waals surface area contributed by atoms with Gasteiger partial charge in [-0.15, -0.1) is 0 Å². The zero-order valence-corrected chi connectivity index (χ0v) is 12.9. The normalized spacial score (nSPS) is 21.4. The summed E-state index contributed by atoms with van der Waals surface area (Å²) in [5.41, 5.74) is 0. The first-order valence-corrected chi connectivity index (χ1v) is 7.50. The molecule has 2 rings (SSSR count). The van der Waals surface area contributed by atoms with Crippen LogP contribution in [0.3, 0.4) is 0 Å². The Labute approximate surface area is 132 Å². The molecule has 0 aromatic carbocycles. The molecule has 2 amide bonds. The molecule has 1 saturated carbocycles. The fourth-order valence-electron chi connectivity index (χ4n) is 2.80. The third-order valence-corrected chi connectivity index (χ3v) is 4.02. The number of nitrogens with zero attached hydrogens (tertiary/aromatic N) is 3. The Balaban J connectivity index is 1.83. The molecule has 2 atom stereocenters. The van der Waals surface area contributed by atoms with Gasteiger partial charge in [-0.3, -0.25) is 0 Å². The maximum atomic E-state index is 12.4. The lowest BCUT2D eigenvalue weighted by Crippen LogP contribution is -2.41. The number of halogens is 3. The van der Waals surface area contributed by atoms with E-state index in [0.29, 0.717) is 6.54 Å². The molecule has 0 saturated heterocycles. The van der Waals surface area contributed by atoms with Gasteiger partial charge < -0.3 is 19.9 Å². The van der Waals surface area contributed by atoms with Crippen LogP contribution in [0.25, 0.3) is 0 Å². The largest absolute Gasteiger partial charge is 0.406 e. The van der Waals surface area contributed by atoms with E-state index in [4.69, 9.17) is 0 Å². The molecular weight excluding hydrogens is 313 g/mol. The highest BCUT2D eigenvalue weighted by Gasteiger charge is 2.29. The van der Waals surface area contributed by atoms with E-state index in [1.54, 1.807) is 7.05 Å². The van der Waals surface area contributed by atoms with E-state index in [-0.39, 0.29) is 18.3 Å². The van der Waals surface area contributed by atoms with Crippen molar-refractivity contribution in [3.8, 4) is 0 Å². The van der Waals surface area contributed by atoms with Gasteiger partial charge in [-0.05, 0) is 12.8 Å². The quantitative estimate of drug-likeness (QED) is 0.862. The fraction of sp³-hybridized carbons (Fsp3) is 0.714. The number of carbonyl (C=O) groups is 1. The van der Waals surface area contributed by atoms with Crippen molar-refractivity contribution >= 4 is 6.03 Å². The minimum absolute atomic E-state index is 0.0537. The van der Waals surface area contributed by atoms with Crippen molar-refractivity contribution in [1.29, 1.82) is 0 Å². The number of aliphatic hydroxyl groups is 1. The van der Waals surface area contributed by atoms with E-state index < -0.39 is 24.9 Å². The van der Waals surface area contributed by atoms with Gasteiger partial charge in [0.2, 0.25) is 0 Å². The average molecular weight is 334 g/mol. The van der Waals surface area contributed by atoms with E-state index in [9.17, 15) is 23.1 Å². The molecule has 1 aromatic heterocycles. The molecule has 1 aliphatic carbocycles. The highest BCUT2D eigenvalue weighted by Crippen LogP contribution is 2.26. The van der Waals surface area contributed by atoms with Crippen LogP contribution in [-0.2, 0) is 13.1 Å². The molecule has 0 aliphatic heterocycles. The number of rotatable bonds is 5. The first-order valence-electron chi connectivity index (χ1n) is 7.50. The first kappa shape index (κ1) is 17.6. The van der Waals surface area contributed by atoms with Crippen LogP contribution in [0.5, 0.6) is 0 Å². The maximum absolute atomic E-state index is 12.4. The summed E-state index contributed by atoms with van der Waals surface area (Å²) in [6, 6.07) is -0.398. The first-order chi connectivity index (χ1) is 10.8. The van der Waals surface area contributed by atoms with E-state index in [2.05, 4.69) is 10.3 Å².